The molecule has 1 aromatic rings. The molecule has 3 unspecified atom stereocenters. The van der Waals surface area contributed by atoms with Gasteiger partial charge < -0.3 is 5.73 Å². The van der Waals surface area contributed by atoms with Gasteiger partial charge in [-0.25, -0.2) is 0 Å². The fourth-order valence-corrected chi connectivity index (χ4v) is 3.57. The standard InChI is InChI=1S/C12H21N3S/c1-3-10-12(16-15-14-10)11(13)9-6-4-5-8(2)7-9/h8-9,11H,3-7,13H2,1-2H3. The Balaban J connectivity index is 2.09. The van der Waals surface area contributed by atoms with Crippen LogP contribution in [0.1, 0.15) is 56.1 Å². The molecule has 1 aromatic heterocycles. The lowest BCUT2D eigenvalue weighted by Crippen LogP contribution is -2.26. The molecule has 0 aromatic carbocycles. The minimum Gasteiger partial charge on any atom is -0.323 e. The van der Waals surface area contributed by atoms with Crippen LogP contribution in [0.4, 0.5) is 0 Å². The van der Waals surface area contributed by atoms with Crippen LogP contribution >= 0.6 is 11.5 Å². The molecule has 1 fully saturated rings. The summed E-state index contributed by atoms with van der Waals surface area (Å²) in [5.74, 6) is 1.46. The number of hydrogen-bond donors (Lipinski definition) is 1. The molecule has 0 amide bonds. The highest BCUT2D eigenvalue weighted by Gasteiger charge is 2.28. The van der Waals surface area contributed by atoms with E-state index in [2.05, 4.69) is 23.4 Å². The van der Waals surface area contributed by atoms with Crippen LogP contribution in [0.3, 0.4) is 0 Å². The molecule has 2 rings (SSSR count). The van der Waals surface area contributed by atoms with E-state index >= 15 is 0 Å². The van der Waals surface area contributed by atoms with Crippen molar-refractivity contribution in [3.8, 4) is 0 Å². The molecule has 0 bridgehead atoms. The number of aromatic nitrogens is 2. The van der Waals surface area contributed by atoms with Crippen LogP contribution in [-0.4, -0.2) is 9.59 Å². The molecule has 4 heteroatoms. The van der Waals surface area contributed by atoms with Gasteiger partial charge in [0, 0.05) is 6.04 Å². The van der Waals surface area contributed by atoms with Crippen molar-refractivity contribution in [2.24, 2.45) is 17.6 Å². The predicted molar refractivity (Wildman–Crippen MR) is 67.3 cm³/mol. The highest BCUT2D eigenvalue weighted by molar-refractivity contribution is 7.05. The van der Waals surface area contributed by atoms with Crippen molar-refractivity contribution < 1.29 is 0 Å². The number of aryl methyl sites for hydroxylation is 1. The van der Waals surface area contributed by atoms with E-state index < -0.39 is 0 Å². The lowest BCUT2D eigenvalue weighted by atomic mass is 9.78. The Kier molecular flexibility index (Phi) is 3.92. The lowest BCUT2D eigenvalue weighted by molar-refractivity contribution is 0.249. The second kappa shape index (κ2) is 5.23. The molecule has 1 heterocycles. The molecular weight excluding hydrogens is 218 g/mol. The first-order valence-corrected chi connectivity index (χ1v) is 7.06. The number of nitrogens with two attached hydrogens (primary N) is 1. The summed E-state index contributed by atoms with van der Waals surface area (Å²) in [6.45, 7) is 4.46. The SMILES string of the molecule is CCc1nnsc1C(N)C1CCCC(C)C1. The van der Waals surface area contributed by atoms with E-state index in [0.717, 1.165) is 18.0 Å². The van der Waals surface area contributed by atoms with Gasteiger partial charge in [-0.15, -0.1) is 5.10 Å². The zero-order chi connectivity index (χ0) is 11.5. The first-order chi connectivity index (χ1) is 7.72. The highest BCUT2D eigenvalue weighted by Crippen LogP contribution is 2.37. The van der Waals surface area contributed by atoms with Crippen LogP contribution in [0.5, 0.6) is 0 Å². The van der Waals surface area contributed by atoms with Crippen LogP contribution in [0.15, 0.2) is 0 Å². The molecule has 1 aliphatic carbocycles. The third-order valence-electron chi connectivity index (χ3n) is 3.71. The smallest absolute Gasteiger partial charge is 0.0801 e. The van der Waals surface area contributed by atoms with Gasteiger partial charge in [-0.1, -0.05) is 31.2 Å². The highest BCUT2D eigenvalue weighted by atomic mass is 32.1. The number of nitrogens with zero attached hydrogens (tertiary/aromatic N) is 2. The van der Waals surface area contributed by atoms with Crippen molar-refractivity contribution in [2.75, 3.05) is 0 Å². The van der Waals surface area contributed by atoms with Crippen LogP contribution in [0.2, 0.25) is 0 Å². The second-order valence-electron chi connectivity index (χ2n) is 5.00. The second-order valence-corrected chi connectivity index (χ2v) is 5.78. The zero-order valence-corrected chi connectivity index (χ0v) is 11.0. The van der Waals surface area contributed by atoms with Crippen molar-refractivity contribution in [2.45, 2.75) is 52.0 Å². The lowest BCUT2D eigenvalue weighted by Gasteiger charge is -2.30. The summed E-state index contributed by atoms with van der Waals surface area (Å²) in [6.07, 6.45) is 6.18. The van der Waals surface area contributed by atoms with Gasteiger partial charge in [0.25, 0.3) is 0 Å². The summed E-state index contributed by atoms with van der Waals surface area (Å²) in [5.41, 5.74) is 7.49. The minimum atomic E-state index is 0.165. The van der Waals surface area contributed by atoms with Crippen molar-refractivity contribution in [3.05, 3.63) is 10.6 Å². The van der Waals surface area contributed by atoms with E-state index in [0.29, 0.717) is 5.92 Å². The molecule has 0 radical (unpaired) electrons. The Labute approximate surface area is 102 Å². The molecule has 2 N–H and O–H groups in total. The molecule has 1 saturated carbocycles. The number of rotatable bonds is 3. The third kappa shape index (κ3) is 2.43. The Morgan fingerprint density at radius 2 is 2.31 bits per heavy atom. The van der Waals surface area contributed by atoms with Crippen LogP contribution in [0.25, 0.3) is 0 Å². The van der Waals surface area contributed by atoms with Gasteiger partial charge in [0.05, 0.1) is 10.6 Å². The maximum Gasteiger partial charge on any atom is 0.0801 e. The predicted octanol–water partition coefficient (Wildman–Crippen LogP) is 2.93. The summed E-state index contributed by atoms with van der Waals surface area (Å²) in [7, 11) is 0. The van der Waals surface area contributed by atoms with Crippen LogP contribution in [0, 0.1) is 11.8 Å². The van der Waals surface area contributed by atoms with Gasteiger partial charge in [-0.3, -0.25) is 0 Å². The van der Waals surface area contributed by atoms with E-state index in [1.807, 2.05) is 0 Å². The van der Waals surface area contributed by atoms with Crippen LogP contribution in [-0.2, 0) is 6.42 Å². The van der Waals surface area contributed by atoms with Gasteiger partial charge in [0.2, 0.25) is 0 Å². The fourth-order valence-electron chi connectivity index (χ4n) is 2.74. The summed E-state index contributed by atoms with van der Waals surface area (Å²) in [4.78, 5) is 1.22. The molecule has 3 nitrogen and oxygen atoms in total. The monoisotopic (exact) mass is 239 g/mol. The maximum atomic E-state index is 6.38. The Bertz CT molecular complexity index is 337. The van der Waals surface area contributed by atoms with Crippen molar-refractivity contribution in [1.82, 2.24) is 9.59 Å². The Hall–Kier alpha value is -0.480. The largest absolute Gasteiger partial charge is 0.323 e. The average Bonchev–Trinajstić information content (AvgIpc) is 2.76. The molecule has 90 valence electrons. The molecule has 0 spiro atoms. The first-order valence-electron chi connectivity index (χ1n) is 6.29. The normalized spacial score (nSPS) is 27.9. The number of hydrogen-bond acceptors (Lipinski definition) is 4. The molecule has 3 atom stereocenters. The average molecular weight is 239 g/mol. The molecule has 0 aliphatic heterocycles. The first kappa shape index (κ1) is 12.0. The van der Waals surface area contributed by atoms with Gasteiger partial charge >= 0.3 is 0 Å². The van der Waals surface area contributed by atoms with Gasteiger partial charge in [0.15, 0.2) is 0 Å². The summed E-state index contributed by atoms with van der Waals surface area (Å²) in [6, 6.07) is 0.165. The molecule has 0 saturated heterocycles. The van der Waals surface area contributed by atoms with Gasteiger partial charge in [-0.05, 0) is 42.6 Å². The van der Waals surface area contributed by atoms with Crippen LogP contribution < -0.4 is 5.73 Å². The fraction of sp³-hybridized carbons (Fsp3) is 0.833. The quantitative estimate of drug-likeness (QED) is 0.882. The van der Waals surface area contributed by atoms with E-state index in [1.54, 1.807) is 0 Å². The van der Waals surface area contributed by atoms with E-state index in [4.69, 9.17) is 5.73 Å². The minimum absolute atomic E-state index is 0.165. The topological polar surface area (TPSA) is 51.8 Å². The Morgan fingerprint density at radius 3 is 3.00 bits per heavy atom. The van der Waals surface area contributed by atoms with Crippen molar-refractivity contribution >= 4 is 11.5 Å². The van der Waals surface area contributed by atoms with Crippen molar-refractivity contribution in [1.29, 1.82) is 0 Å². The van der Waals surface area contributed by atoms with E-state index in [1.165, 1.54) is 42.1 Å². The third-order valence-corrected chi connectivity index (χ3v) is 4.58. The molecular formula is C12H21N3S. The summed E-state index contributed by atoms with van der Waals surface area (Å²) in [5, 5.41) is 4.16. The van der Waals surface area contributed by atoms with E-state index in [-0.39, 0.29) is 6.04 Å². The molecule has 1 aliphatic rings. The van der Waals surface area contributed by atoms with E-state index in [9.17, 15) is 0 Å². The molecule has 16 heavy (non-hydrogen) atoms. The maximum absolute atomic E-state index is 6.38. The summed E-state index contributed by atoms with van der Waals surface area (Å²) >= 11 is 1.49. The zero-order valence-electron chi connectivity index (χ0n) is 10.1. The van der Waals surface area contributed by atoms with Crippen molar-refractivity contribution in [3.63, 3.8) is 0 Å². The summed E-state index contributed by atoms with van der Waals surface area (Å²) < 4.78 is 4.04. The van der Waals surface area contributed by atoms with Gasteiger partial charge in [0.1, 0.15) is 0 Å². The Morgan fingerprint density at radius 1 is 1.50 bits per heavy atom. The van der Waals surface area contributed by atoms with Gasteiger partial charge in [-0.2, -0.15) is 0 Å².